The van der Waals surface area contributed by atoms with E-state index >= 15 is 0 Å². The molecule has 0 radical (unpaired) electrons. The number of nitrogens with zero attached hydrogens (tertiary/aromatic N) is 1. The van der Waals surface area contributed by atoms with Gasteiger partial charge >= 0.3 is 6.09 Å². The fraction of sp³-hybridized carbons (Fsp3) is 0.294. The number of nitrogens with one attached hydrogen (secondary N) is 1. The monoisotopic (exact) mass is 300 g/mol. The second-order valence-corrected chi connectivity index (χ2v) is 5.75. The zero-order valence-electron chi connectivity index (χ0n) is 13.2. The molecule has 0 atom stereocenters. The Labute approximate surface area is 130 Å². The predicted octanol–water partition coefficient (Wildman–Crippen LogP) is 4.10. The van der Waals surface area contributed by atoms with E-state index in [-0.39, 0.29) is 0 Å². The van der Waals surface area contributed by atoms with Gasteiger partial charge in [-0.15, -0.1) is 0 Å². The van der Waals surface area contributed by atoms with Crippen LogP contribution in [0.2, 0.25) is 0 Å². The largest absolute Gasteiger partial charge is 0.497 e. The molecule has 22 heavy (non-hydrogen) atoms. The topological polar surface area (TPSA) is 60.5 Å². The molecule has 0 bridgehead atoms. The van der Waals surface area contributed by atoms with E-state index < -0.39 is 11.7 Å². The van der Waals surface area contributed by atoms with Gasteiger partial charge in [0.25, 0.3) is 0 Å². The maximum absolute atomic E-state index is 12.0. The first kappa shape index (κ1) is 15.8. The van der Waals surface area contributed by atoms with Crippen LogP contribution in [0.4, 0.5) is 10.5 Å². The Hall–Kier alpha value is -2.56. The minimum atomic E-state index is -0.561. The van der Waals surface area contributed by atoms with Gasteiger partial charge in [0.2, 0.25) is 0 Å². The third kappa shape index (κ3) is 4.22. The minimum absolute atomic E-state index is 0.516. The molecule has 0 saturated carbocycles. The van der Waals surface area contributed by atoms with E-state index in [1.807, 2.05) is 51.1 Å². The van der Waals surface area contributed by atoms with Gasteiger partial charge in [0.1, 0.15) is 11.4 Å². The van der Waals surface area contributed by atoms with Gasteiger partial charge in [-0.2, -0.15) is 0 Å². The zero-order chi connectivity index (χ0) is 16.2. The fourth-order valence-electron chi connectivity index (χ4n) is 1.91. The highest BCUT2D eigenvalue weighted by molar-refractivity contribution is 5.91. The summed E-state index contributed by atoms with van der Waals surface area (Å²) in [6.07, 6.45) is 1.19. The van der Waals surface area contributed by atoms with Gasteiger partial charge in [-0.1, -0.05) is 6.07 Å². The second-order valence-electron chi connectivity index (χ2n) is 5.75. The Morgan fingerprint density at radius 1 is 1.18 bits per heavy atom. The molecule has 0 spiro atoms. The number of methoxy groups -OCH3 is 1. The lowest BCUT2D eigenvalue weighted by molar-refractivity contribution is 0.0636. The molecule has 0 aliphatic rings. The molecule has 116 valence electrons. The Kier molecular flexibility index (Phi) is 4.65. The molecule has 0 unspecified atom stereocenters. The van der Waals surface area contributed by atoms with Crippen LogP contribution in [0.5, 0.6) is 5.75 Å². The number of hydrogen-bond acceptors (Lipinski definition) is 4. The molecular formula is C17H20N2O3. The van der Waals surface area contributed by atoms with Crippen molar-refractivity contribution in [1.82, 2.24) is 4.98 Å². The highest BCUT2D eigenvalue weighted by Gasteiger charge is 2.18. The fourth-order valence-corrected chi connectivity index (χ4v) is 1.91. The van der Waals surface area contributed by atoms with Crippen molar-refractivity contribution in [3.63, 3.8) is 0 Å². The lowest BCUT2D eigenvalue weighted by atomic mass is 10.1. The van der Waals surface area contributed by atoms with E-state index in [2.05, 4.69) is 10.3 Å². The van der Waals surface area contributed by atoms with Crippen LogP contribution in [0.3, 0.4) is 0 Å². The molecule has 0 fully saturated rings. The van der Waals surface area contributed by atoms with Crippen molar-refractivity contribution >= 4 is 11.8 Å². The third-order valence-corrected chi connectivity index (χ3v) is 2.80. The van der Waals surface area contributed by atoms with Gasteiger partial charge in [-0.3, -0.25) is 10.3 Å². The number of carbonyl (C=O) groups is 1. The standard InChI is InChI=1S/C17H20N2O3/c1-17(2,3)22-16(20)19-15-11-12(21-4)8-9-13(15)14-7-5-6-10-18-14/h5-11H,1-4H3,(H,19,20). The van der Waals surface area contributed by atoms with Crippen molar-refractivity contribution < 1.29 is 14.3 Å². The first-order valence-corrected chi connectivity index (χ1v) is 6.98. The van der Waals surface area contributed by atoms with E-state index in [1.54, 1.807) is 19.4 Å². The van der Waals surface area contributed by atoms with Gasteiger partial charge in [-0.05, 0) is 45.0 Å². The number of amides is 1. The molecule has 1 aromatic carbocycles. The van der Waals surface area contributed by atoms with Crippen LogP contribution in [-0.2, 0) is 4.74 Å². The van der Waals surface area contributed by atoms with E-state index in [1.165, 1.54) is 0 Å². The zero-order valence-corrected chi connectivity index (χ0v) is 13.2. The molecule has 5 nitrogen and oxygen atoms in total. The van der Waals surface area contributed by atoms with Gasteiger partial charge in [-0.25, -0.2) is 4.79 Å². The molecule has 1 amide bonds. The van der Waals surface area contributed by atoms with Crippen LogP contribution in [0.1, 0.15) is 20.8 Å². The predicted molar refractivity (Wildman–Crippen MR) is 86.1 cm³/mol. The Bertz CT molecular complexity index is 649. The minimum Gasteiger partial charge on any atom is -0.497 e. The summed E-state index contributed by atoms with van der Waals surface area (Å²) in [4.78, 5) is 16.3. The summed E-state index contributed by atoms with van der Waals surface area (Å²) in [6.45, 7) is 5.45. The molecule has 0 aliphatic heterocycles. The van der Waals surface area contributed by atoms with Crippen LogP contribution in [0, 0.1) is 0 Å². The number of aromatic nitrogens is 1. The number of rotatable bonds is 3. The number of carbonyl (C=O) groups excluding carboxylic acids is 1. The van der Waals surface area contributed by atoms with Crippen molar-refractivity contribution in [1.29, 1.82) is 0 Å². The number of ether oxygens (including phenoxy) is 2. The maximum atomic E-state index is 12.0. The van der Waals surface area contributed by atoms with Crippen LogP contribution < -0.4 is 10.1 Å². The van der Waals surface area contributed by atoms with E-state index in [9.17, 15) is 4.79 Å². The normalized spacial score (nSPS) is 10.9. The van der Waals surface area contributed by atoms with Crippen molar-refractivity contribution in [2.45, 2.75) is 26.4 Å². The molecule has 2 aromatic rings. The number of pyridine rings is 1. The number of anilines is 1. The number of benzene rings is 1. The van der Waals surface area contributed by atoms with Gasteiger partial charge in [0.15, 0.2) is 0 Å². The summed E-state index contributed by atoms with van der Waals surface area (Å²) in [6, 6.07) is 11.0. The summed E-state index contributed by atoms with van der Waals surface area (Å²) in [5.41, 5.74) is 1.59. The molecule has 0 aliphatic carbocycles. The number of hydrogen-bond donors (Lipinski definition) is 1. The van der Waals surface area contributed by atoms with E-state index in [4.69, 9.17) is 9.47 Å². The van der Waals surface area contributed by atoms with Gasteiger partial charge in [0, 0.05) is 17.8 Å². The lowest BCUT2D eigenvalue weighted by Gasteiger charge is -2.20. The quantitative estimate of drug-likeness (QED) is 0.927. The Morgan fingerprint density at radius 3 is 2.55 bits per heavy atom. The average Bonchev–Trinajstić information content (AvgIpc) is 2.46. The van der Waals surface area contributed by atoms with Crippen LogP contribution in [0.25, 0.3) is 11.3 Å². The summed E-state index contributed by atoms with van der Waals surface area (Å²) in [7, 11) is 1.58. The van der Waals surface area contributed by atoms with Crippen molar-refractivity contribution in [2.24, 2.45) is 0 Å². The molecule has 1 N–H and O–H groups in total. The summed E-state index contributed by atoms with van der Waals surface area (Å²) >= 11 is 0. The Balaban J connectivity index is 2.33. The summed E-state index contributed by atoms with van der Waals surface area (Å²) in [5.74, 6) is 0.644. The first-order valence-electron chi connectivity index (χ1n) is 6.98. The van der Waals surface area contributed by atoms with E-state index in [0.717, 1.165) is 11.3 Å². The van der Waals surface area contributed by atoms with Gasteiger partial charge in [0.05, 0.1) is 18.5 Å². The Morgan fingerprint density at radius 2 is 1.95 bits per heavy atom. The molecule has 5 heteroatoms. The van der Waals surface area contributed by atoms with Crippen LogP contribution >= 0.6 is 0 Å². The first-order chi connectivity index (χ1) is 10.4. The highest BCUT2D eigenvalue weighted by Crippen LogP contribution is 2.30. The smallest absolute Gasteiger partial charge is 0.412 e. The van der Waals surface area contributed by atoms with Crippen molar-refractivity contribution in [3.05, 3.63) is 42.6 Å². The van der Waals surface area contributed by atoms with Crippen LogP contribution in [0.15, 0.2) is 42.6 Å². The third-order valence-electron chi connectivity index (χ3n) is 2.80. The molecule has 0 saturated heterocycles. The van der Waals surface area contributed by atoms with Gasteiger partial charge < -0.3 is 9.47 Å². The summed E-state index contributed by atoms with van der Waals surface area (Å²) < 4.78 is 10.5. The van der Waals surface area contributed by atoms with Crippen molar-refractivity contribution in [2.75, 3.05) is 12.4 Å². The highest BCUT2D eigenvalue weighted by atomic mass is 16.6. The second kappa shape index (κ2) is 6.47. The molecule has 1 heterocycles. The maximum Gasteiger partial charge on any atom is 0.412 e. The SMILES string of the molecule is COc1ccc(-c2ccccn2)c(NC(=O)OC(C)(C)C)c1. The molecule has 1 aromatic heterocycles. The molecule has 2 rings (SSSR count). The van der Waals surface area contributed by atoms with E-state index in [0.29, 0.717) is 11.4 Å². The van der Waals surface area contributed by atoms with Crippen LogP contribution in [-0.4, -0.2) is 23.8 Å². The van der Waals surface area contributed by atoms with Crippen molar-refractivity contribution in [3.8, 4) is 17.0 Å². The molecular weight excluding hydrogens is 280 g/mol. The summed E-state index contributed by atoms with van der Waals surface area (Å²) in [5, 5.41) is 2.76. The lowest BCUT2D eigenvalue weighted by Crippen LogP contribution is -2.27. The average molecular weight is 300 g/mol.